The summed E-state index contributed by atoms with van der Waals surface area (Å²) in [7, 11) is 3.73. The van der Waals surface area contributed by atoms with Gasteiger partial charge in [0.05, 0.1) is 12.7 Å². The molecule has 1 aromatic heterocycles. The van der Waals surface area contributed by atoms with E-state index in [4.69, 9.17) is 14.2 Å². The zero-order chi connectivity index (χ0) is 18.4. The van der Waals surface area contributed by atoms with Crippen LogP contribution in [0.4, 0.5) is 5.00 Å². The minimum atomic E-state index is -0.104. The third-order valence-corrected chi connectivity index (χ3v) is 6.30. The summed E-state index contributed by atoms with van der Waals surface area (Å²) in [5.74, 6) is 2.11. The van der Waals surface area contributed by atoms with Crippen LogP contribution in [0.15, 0.2) is 6.07 Å². The van der Waals surface area contributed by atoms with Gasteiger partial charge in [0.2, 0.25) is 12.5 Å². The van der Waals surface area contributed by atoms with Crippen molar-refractivity contribution in [2.75, 3.05) is 32.8 Å². The molecule has 4 rings (SSSR count). The summed E-state index contributed by atoms with van der Waals surface area (Å²) in [5, 5.41) is 14.0. The summed E-state index contributed by atoms with van der Waals surface area (Å²) in [4.78, 5) is 3.39. The van der Waals surface area contributed by atoms with Crippen LogP contribution in [-0.4, -0.2) is 32.4 Å². The predicted octanol–water partition coefficient (Wildman–Crippen LogP) is 3.57. The van der Waals surface area contributed by atoms with Gasteiger partial charge in [-0.25, -0.2) is 0 Å². The van der Waals surface area contributed by atoms with Crippen molar-refractivity contribution in [2.24, 2.45) is 0 Å². The number of anilines is 1. The summed E-state index contributed by atoms with van der Waals surface area (Å²) in [6.07, 6.45) is 0.803. The Morgan fingerprint density at radius 2 is 2.19 bits per heavy atom. The highest BCUT2D eigenvalue weighted by Gasteiger charge is 2.34. The summed E-state index contributed by atoms with van der Waals surface area (Å²) >= 11 is 1.62. The SMILES string of the molecule is COc1c2c(cc3c1[C@H](Nc1sc(C)c(C)c1C#N)N(C)CC3)OCO2. The molecule has 26 heavy (non-hydrogen) atoms. The molecule has 2 aliphatic rings. The molecule has 2 aromatic rings. The van der Waals surface area contributed by atoms with Crippen molar-refractivity contribution in [2.45, 2.75) is 26.4 Å². The van der Waals surface area contributed by atoms with Gasteiger partial charge in [-0.05, 0) is 44.5 Å². The third-order valence-electron chi connectivity index (χ3n) is 5.16. The summed E-state index contributed by atoms with van der Waals surface area (Å²) in [6.45, 7) is 5.15. The van der Waals surface area contributed by atoms with E-state index in [0.29, 0.717) is 17.1 Å². The molecule has 0 radical (unpaired) electrons. The normalized spacial score (nSPS) is 18.3. The number of rotatable bonds is 3. The first kappa shape index (κ1) is 17.0. The molecular formula is C19H21N3O3S. The molecule has 7 heteroatoms. The number of methoxy groups -OCH3 is 1. The maximum absolute atomic E-state index is 9.57. The summed E-state index contributed by atoms with van der Waals surface area (Å²) < 4.78 is 16.9. The maximum Gasteiger partial charge on any atom is 0.231 e. The number of likely N-dealkylation sites (N-methyl/N-ethyl adjacent to an activating group) is 1. The van der Waals surface area contributed by atoms with Crippen LogP contribution in [0.3, 0.4) is 0 Å². The fourth-order valence-corrected chi connectivity index (χ4v) is 4.64. The second kappa shape index (κ2) is 6.38. The number of nitrogens with one attached hydrogen (secondary N) is 1. The Morgan fingerprint density at radius 1 is 1.38 bits per heavy atom. The van der Waals surface area contributed by atoms with Gasteiger partial charge in [-0.15, -0.1) is 11.3 Å². The highest BCUT2D eigenvalue weighted by molar-refractivity contribution is 7.16. The number of hydrogen-bond acceptors (Lipinski definition) is 7. The minimum absolute atomic E-state index is 0.104. The molecular weight excluding hydrogens is 350 g/mol. The second-order valence-corrected chi connectivity index (χ2v) is 7.82. The standard InChI is InChI=1S/C19H21N3O3S/c1-10-11(2)26-19(13(10)8-20)21-18-15-12(5-6-22(18)3)7-14-16(17(15)23-4)25-9-24-14/h7,18,21H,5-6,9H2,1-4H3/t18-/m1/s1. The molecule has 0 spiro atoms. The average Bonchev–Trinajstić information content (AvgIpc) is 3.20. The third kappa shape index (κ3) is 2.49. The first-order chi connectivity index (χ1) is 12.5. The van der Waals surface area contributed by atoms with Crippen molar-refractivity contribution < 1.29 is 14.2 Å². The van der Waals surface area contributed by atoms with Crippen LogP contribution in [0, 0.1) is 25.2 Å². The van der Waals surface area contributed by atoms with Crippen molar-refractivity contribution in [1.82, 2.24) is 4.90 Å². The van der Waals surface area contributed by atoms with E-state index >= 15 is 0 Å². The van der Waals surface area contributed by atoms with Crippen molar-refractivity contribution >= 4 is 16.3 Å². The molecule has 1 N–H and O–H groups in total. The van der Waals surface area contributed by atoms with E-state index in [2.05, 4.69) is 29.4 Å². The van der Waals surface area contributed by atoms with Crippen molar-refractivity contribution in [3.8, 4) is 23.3 Å². The lowest BCUT2D eigenvalue weighted by atomic mass is 9.95. The van der Waals surface area contributed by atoms with Gasteiger partial charge in [0.1, 0.15) is 17.2 Å². The van der Waals surface area contributed by atoms with Gasteiger partial charge in [0.25, 0.3) is 0 Å². The van der Waals surface area contributed by atoms with Crippen LogP contribution in [0.25, 0.3) is 0 Å². The minimum Gasteiger partial charge on any atom is -0.492 e. The van der Waals surface area contributed by atoms with Gasteiger partial charge in [-0.3, -0.25) is 4.90 Å². The van der Waals surface area contributed by atoms with Crippen molar-refractivity contribution in [3.63, 3.8) is 0 Å². The highest BCUT2D eigenvalue weighted by atomic mass is 32.1. The smallest absolute Gasteiger partial charge is 0.231 e. The molecule has 0 saturated heterocycles. The number of nitrogens with zero attached hydrogens (tertiary/aromatic N) is 2. The molecule has 2 aliphatic heterocycles. The molecule has 1 aromatic carbocycles. The quantitative estimate of drug-likeness (QED) is 0.890. The number of hydrogen-bond donors (Lipinski definition) is 1. The number of fused-ring (bicyclic) bond motifs is 2. The van der Waals surface area contributed by atoms with E-state index in [-0.39, 0.29) is 13.0 Å². The van der Waals surface area contributed by atoms with E-state index in [0.717, 1.165) is 39.7 Å². The Morgan fingerprint density at radius 3 is 2.92 bits per heavy atom. The summed E-state index contributed by atoms with van der Waals surface area (Å²) in [6, 6.07) is 4.39. The Hall–Kier alpha value is -2.43. The van der Waals surface area contributed by atoms with E-state index in [1.807, 2.05) is 13.8 Å². The van der Waals surface area contributed by atoms with Crippen LogP contribution in [0.2, 0.25) is 0 Å². The maximum atomic E-state index is 9.57. The molecule has 136 valence electrons. The van der Waals surface area contributed by atoms with Gasteiger partial charge in [0.15, 0.2) is 11.5 Å². The van der Waals surface area contributed by atoms with Crippen molar-refractivity contribution in [1.29, 1.82) is 5.26 Å². The number of thiophene rings is 1. The van der Waals surface area contributed by atoms with Crippen LogP contribution < -0.4 is 19.5 Å². The van der Waals surface area contributed by atoms with Crippen molar-refractivity contribution in [3.05, 3.63) is 33.2 Å². The van der Waals surface area contributed by atoms with Gasteiger partial charge >= 0.3 is 0 Å². The molecule has 3 heterocycles. The van der Waals surface area contributed by atoms with E-state index in [1.54, 1.807) is 18.4 Å². The lowest BCUT2D eigenvalue weighted by Crippen LogP contribution is -2.37. The molecule has 0 saturated carbocycles. The lowest BCUT2D eigenvalue weighted by molar-refractivity contribution is 0.170. The summed E-state index contributed by atoms with van der Waals surface area (Å²) in [5.41, 5.74) is 3.99. The monoisotopic (exact) mass is 371 g/mol. The number of aryl methyl sites for hydroxylation is 1. The van der Waals surface area contributed by atoms with Crippen LogP contribution in [-0.2, 0) is 6.42 Å². The van der Waals surface area contributed by atoms with Crippen LogP contribution in [0.5, 0.6) is 17.2 Å². The largest absolute Gasteiger partial charge is 0.492 e. The lowest BCUT2D eigenvalue weighted by Gasteiger charge is -2.36. The number of benzene rings is 1. The Labute approximate surface area is 156 Å². The topological polar surface area (TPSA) is 66.8 Å². The van der Waals surface area contributed by atoms with Gasteiger partial charge < -0.3 is 19.5 Å². The zero-order valence-electron chi connectivity index (χ0n) is 15.3. The Bertz CT molecular complexity index is 916. The van der Waals surface area contributed by atoms with Crippen LogP contribution in [0.1, 0.15) is 33.3 Å². The molecule has 0 bridgehead atoms. The first-order valence-electron chi connectivity index (χ1n) is 8.51. The fraction of sp³-hybridized carbons (Fsp3) is 0.421. The molecule has 0 unspecified atom stereocenters. The molecule has 0 amide bonds. The highest BCUT2D eigenvalue weighted by Crippen LogP contribution is 2.50. The zero-order valence-corrected chi connectivity index (χ0v) is 16.1. The van der Waals surface area contributed by atoms with E-state index < -0.39 is 0 Å². The second-order valence-electron chi connectivity index (χ2n) is 6.59. The van der Waals surface area contributed by atoms with E-state index in [9.17, 15) is 5.26 Å². The average molecular weight is 371 g/mol. The molecule has 6 nitrogen and oxygen atoms in total. The van der Waals surface area contributed by atoms with Gasteiger partial charge in [-0.2, -0.15) is 5.26 Å². The molecule has 0 aliphatic carbocycles. The molecule has 0 fully saturated rings. The van der Waals surface area contributed by atoms with Gasteiger partial charge in [0, 0.05) is 17.0 Å². The molecule has 1 atom stereocenters. The fourth-order valence-electron chi connectivity index (χ4n) is 3.60. The Balaban J connectivity index is 1.82. The van der Waals surface area contributed by atoms with E-state index in [1.165, 1.54) is 5.56 Å². The predicted molar refractivity (Wildman–Crippen MR) is 100 cm³/mol. The van der Waals surface area contributed by atoms with Gasteiger partial charge in [-0.1, -0.05) is 0 Å². The number of nitriles is 1. The Kier molecular flexibility index (Phi) is 4.17. The van der Waals surface area contributed by atoms with Crippen LogP contribution >= 0.6 is 11.3 Å². The first-order valence-corrected chi connectivity index (χ1v) is 9.33. The number of ether oxygens (including phenoxy) is 3.